The average Bonchev–Trinajstić information content (AvgIpc) is 2.31. The van der Waals surface area contributed by atoms with Gasteiger partial charge in [-0.15, -0.1) is 0 Å². The van der Waals surface area contributed by atoms with E-state index in [0.717, 1.165) is 24.9 Å². The maximum Gasteiger partial charge on any atom is 0.163 e. The Morgan fingerprint density at radius 2 is 1.62 bits per heavy atom. The molecule has 0 aromatic rings. The van der Waals surface area contributed by atoms with Crippen LogP contribution in [0, 0.1) is 11.8 Å². The molecule has 0 bridgehead atoms. The molecule has 1 saturated heterocycles. The normalized spacial score (nSPS) is 33.2. The Balaban J connectivity index is 1.68. The highest BCUT2D eigenvalue weighted by atomic mass is 16.5. The second kappa shape index (κ2) is 5.99. The lowest BCUT2D eigenvalue weighted by Gasteiger charge is -2.34. The number of hydrogen-bond acceptors (Lipinski definition) is 3. The Hall–Kier alpha value is -0.120. The first-order valence-corrected chi connectivity index (χ1v) is 6.88. The summed E-state index contributed by atoms with van der Waals surface area (Å²) < 4.78 is 6.04. The first-order valence-electron chi connectivity index (χ1n) is 6.88. The van der Waals surface area contributed by atoms with Gasteiger partial charge in [0.2, 0.25) is 0 Å². The fraction of sp³-hybridized carbons (Fsp3) is 1.00. The third kappa shape index (κ3) is 3.44. The highest BCUT2D eigenvalue weighted by Crippen LogP contribution is 2.31. The Morgan fingerprint density at radius 1 is 1.00 bits per heavy atom. The van der Waals surface area contributed by atoms with Crippen molar-refractivity contribution < 1.29 is 4.74 Å². The largest absolute Gasteiger partial charge is 0.347 e. The van der Waals surface area contributed by atoms with Crippen LogP contribution >= 0.6 is 0 Å². The standard InChI is InChI=1S/C13H26N2O/c1-10(2)11-4-6-12(7-5-11)16-13-14-8-3-9-15-13/h10-15H,3-9H2,1-2H3. The summed E-state index contributed by atoms with van der Waals surface area (Å²) >= 11 is 0. The van der Waals surface area contributed by atoms with Gasteiger partial charge in [-0.3, -0.25) is 10.6 Å². The predicted octanol–water partition coefficient (Wildman–Crippen LogP) is 2.08. The topological polar surface area (TPSA) is 33.3 Å². The lowest BCUT2D eigenvalue weighted by atomic mass is 9.80. The van der Waals surface area contributed by atoms with Crippen molar-refractivity contribution in [2.45, 2.75) is 58.4 Å². The van der Waals surface area contributed by atoms with Gasteiger partial charge < -0.3 is 4.74 Å². The van der Waals surface area contributed by atoms with Crippen LogP contribution in [0.15, 0.2) is 0 Å². The molecule has 1 aliphatic heterocycles. The minimum atomic E-state index is 0.106. The van der Waals surface area contributed by atoms with E-state index in [9.17, 15) is 0 Å². The molecule has 0 radical (unpaired) electrons. The smallest absolute Gasteiger partial charge is 0.163 e. The van der Waals surface area contributed by atoms with Crippen molar-refractivity contribution in [3.63, 3.8) is 0 Å². The van der Waals surface area contributed by atoms with Crippen molar-refractivity contribution in [2.75, 3.05) is 13.1 Å². The van der Waals surface area contributed by atoms with Crippen molar-refractivity contribution in [1.29, 1.82) is 0 Å². The van der Waals surface area contributed by atoms with Crippen molar-refractivity contribution in [1.82, 2.24) is 10.6 Å². The molecule has 0 atom stereocenters. The molecule has 94 valence electrons. The van der Waals surface area contributed by atoms with Crippen molar-refractivity contribution in [2.24, 2.45) is 11.8 Å². The van der Waals surface area contributed by atoms with E-state index in [1.165, 1.54) is 32.1 Å². The van der Waals surface area contributed by atoms with E-state index in [1.807, 2.05) is 0 Å². The summed E-state index contributed by atoms with van der Waals surface area (Å²) in [6.07, 6.45) is 6.95. The van der Waals surface area contributed by atoms with Gasteiger partial charge in [-0.05, 0) is 57.0 Å². The summed E-state index contributed by atoms with van der Waals surface area (Å²) in [5, 5.41) is 6.73. The molecule has 0 spiro atoms. The van der Waals surface area contributed by atoms with Crippen LogP contribution in [-0.4, -0.2) is 25.5 Å². The maximum atomic E-state index is 6.04. The maximum absolute atomic E-state index is 6.04. The number of rotatable bonds is 3. The van der Waals surface area contributed by atoms with Gasteiger partial charge in [0.1, 0.15) is 0 Å². The van der Waals surface area contributed by atoms with Gasteiger partial charge in [0, 0.05) is 0 Å². The molecule has 3 heteroatoms. The molecule has 2 N–H and O–H groups in total. The van der Waals surface area contributed by atoms with Crippen LogP contribution in [0.25, 0.3) is 0 Å². The summed E-state index contributed by atoms with van der Waals surface area (Å²) in [5.74, 6) is 1.76. The Kier molecular flexibility index (Phi) is 4.62. The predicted molar refractivity (Wildman–Crippen MR) is 66.1 cm³/mol. The molecule has 0 amide bonds. The van der Waals surface area contributed by atoms with E-state index in [1.54, 1.807) is 0 Å². The second-order valence-electron chi connectivity index (χ2n) is 5.56. The van der Waals surface area contributed by atoms with E-state index in [0.29, 0.717) is 6.10 Å². The van der Waals surface area contributed by atoms with E-state index >= 15 is 0 Å². The van der Waals surface area contributed by atoms with E-state index < -0.39 is 0 Å². The van der Waals surface area contributed by atoms with Crippen LogP contribution in [0.2, 0.25) is 0 Å². The summed E-state index contributed by atoms with van der Waals surface area (Å²) in [4.78, 5) is 0. The van der Waals surface area contributed by atoms with Crippen LogP contribution in [0.4, 0.5) is 0 Å². The van der Waals surface area contributed by atoms with Crippen LogP contribution in [0.1, 0.15) is 46.0 Å². The molecule has 0 aromatic carbocycles. The van der Waals surface area contributed by atoms with E-state index in [2.05, 4.69) is 24.5 Å². The molecule has 1 heterocycles. The van der Waals surface area contributed by atoms with Crippen molar-refractivity contribution >= 4 is 0 Å². The molecule has 1 aliphatic carbocycles. The molecule has 1 saturated carbocycles. The van der Waals surface area contributed by atoms with Gasteiger partial charge in [-0.25, -0.2) is 0 Å². The van der Waals surface area contributed by atoms with Crippen LogP contribution in [-0.2, 0) is 4.74 Å². The van der Waals surface area contributed by atoms with Gasteiger partial charge in [-0.2, -0.15) is 0 Å². The zero-order chi connectivity index (χ0) is 11.4. The second-order valence-corrected chi connectivity index (χ2v) is 5.56. The zero-order valence-electron chi connectivity index (χ0n) is 10.7. The van der Waals surface area contributed by atoms with Gasteiger partial charge in [0.25, 0.3) is 0 Å². The first-order chi connectivity index (χ1) is 7.75. The summed E-state index contributed by atoms with van der Waals surface area (Å²) in [5.41, 5.74) is 0. The Bertz CT molecular complexity index is 194. The van der Waals surface area contributed by atoms with Gasteiger partial charge in [0.15, 0.2) is 6.35 Å². The molecule has 3 nitrogen and oxygen atoms in total. The fourth-order valence-electron chi connectivity index (χ4n) is 2.81. The molecule has 2 aliphatic rings. The lowest BCUT2D eigenvalue weighted by molar-refractivity contribution is -0.0755. The lowest BCUT2D eigenvalue weighted by Crippen LogP contribution is -2.51. The zero-order valence-corrected chi connectivity index (χ0v) is 10.7. The van der Waals surface area contributed by atoms with Crippen molar-refractivity contribution in [3.8, 4) is 0 Å². The summed E-state index contributed by atoms with van der Waals surface area (Å²) in [7, 11) is 0. The van der Waals surface area contributed by atoms with E-state index in [-0.39, 0.29) is 6.35 Å². The highest BCUT2D eigenvalue weighted by Gasteiger charge is 2.26. The molecule has 2 rings (SSSR count). The highest BCUT2D eigenvalue weighted by molar-refractivity contribution is 4.76. The van der Waals surface area contributed by atoms with E-state index in [4.69, 9.17) is 4.74 Å². The van der Waals surface area contributed by atoms with Gasteiger partial charge in [-0.1, -0.05) is 13.8 Å². The first kappa shape index (κ1) is 12.3. The fourth-order valence-corrected chi connectivity index (χ4v) is 2.81. The summed E-state index contributed by atoms with van der Waals surface area (Å²) in [6.45, 7) is 6.85. The Morgan fingerprint density at radius 3 is 2.19 bits per heavy atom. The number of nitrogens with one attached hydrogen (secondary N) is 2. The van der Waals surface area contributed by atoms with Gasteiger partial charge in [0.05, 0.1) is 6.10 Å². The molecule has 16 heavy (non-hydrogen) atoms. The monoisotopic (exact) mass is 226 g/mol. The minimum Gasteiger partial charge on any atom is -0.347 e. The van der Waals surface area contributed by atoms with Crippen LogP contribution in [0.3, 0.4) is 0 Å². The summed E-state index contributed by atoms with van der Waals surface area (Å²) in [6, 6.07) is 0. The third-order valence-corrected chi connectivity index (χ3v) is 4.00. The molecular formula is C13H26N2O. The third-order valence-electron chi connectivity index (χ3n) is 4.00. The van der Waals surface area contributed by atoms with Crippen LogP contribution in [0.5, 0.6) is 0 Å². The molecule has 2 fully saturated rings. The minimum absolute atomic E-state index is 0.106. The number of ether oxygens (including phenoxy) is 1. The van der Waals surface area contributed by atoms with Crippen LogP contribution < -0.4 is 10.6 Å². The average molecular weight is 226 g/mol. The quantitative estimate of drug-likeness (QED) is 0.773. The number of hydrogen-bond donors (Lipinski definition) is 2. The van der Waals surface area contributed by atoms with Gasteiger partial charge >= 0.3 is 0 Å². The Labute approximate surface area is 99.3 Å². The molecule has 0 aromatic heterocycles. The SMILES string of the molecule is CC(C)C1CCC(OC2NCCCN2)CC1. The van der Waals surface area contributed by atoms with Crippen molar-refractivity contribution in [3.05, 3.63) is 0 Å². The molecular weight excluding hydrogens is 200 g/mol. The molecule has 0 unspecified atom stereocenters.